The Balaban J connectivity index is 1.19. The third-order valence-electron chi connectivity index (χ3n) is 6.60. The molecule has 0 amide bonds. The summed E-state index contributed by atoms with van der Waals surface area (Å²) >= 11 is 0. The minimum atomic E-state index is -0.467. The lowest BCUT2D eigenvalue weighted by molar-refractivity contribution is 0.00695. The van der Waals surface area contributed by atoms with Crippen LogP contribution in [0.3, 0.4) is 0 Å². The molecule has 0 aromatic heterocycles. The highest BCUT2D eigenvalue weighted by Crippen LogP contribution is 2.38. The Hall–Kier alpha value is -2.43. The maximum Gasteiger partial charge on any atom is 0.338 e. The minimum Gasteiger partial charge on any atom is -0.456 e. The molecule has 176 valence electrons. The lowest BCUT2D eigenvalue weighted by Gasteiger charge is -2.32. The molecule has 0 unspecified atom stereocenters. The first kappa shape index (κ1) is 23.7. The van der Waals surface area contributed by atoms with Gasteiger partial charge in [0, 0.05) is 18.6 Å². The largest absolute Gasteiger partial charge is 0.456 e. The van der Waals surface area contributed by atoms with Crippen LogP contribution in [0, 0.1) is 5.92 Å². The molecular weight excluding hydrogens is 408 g/mol. The molecule has 4 nitrogen and oxygen atoms in total. The van der Waals surface area contributed by atoms with Gasteiger partial charge in [0.1, 0.15) is 5.60 Å². The maximum absolute atomic E-state index is 12.2. The van der Waals surface area contributed by atoms with Crippen LogP contribution in [0.5, 0.6) is 0 Å². The summed E-state index contributed by atoms with van der Waals surface area (Å²) in [5.41, 5.74) is 4.19. The van der Waals surface area contributed by atoms with Crippen molar-refractivity contribution in [2.45, 2.75) is 71.2 Å². The van der Waals surface area contributed by atoms with E-state index in [1.165, 1.54) is 36.0 Å². The van der Waals surface area contributed by atoms with Gasteiger partial charge < -0.3 is 10.1 Å². The van der Waals surface area contributed by atoms with Gasteiger partial charge in [0.05, 0.1) is 5.56 Å². The number of hydrogen-bond donors (Lipinski definition) is 1. The van der Waals surface area contributed by atoms with E-state index in [1.54, 1.807) is 0 Å². The van der Waals surface area contributed by atoms with Crippen LogP contribution < -0.4 is 5.32 Å². The van der Waals surface area contributed by atoms with E-state index in [0.717, 1.165) is 19.6 Å². The third-order valence-corrected chi connectivity index (χ3v) is 6.60. The van der Waals surface area contributed by atoms with Crippen molar-refractivity contribution >= 4 is 12.0 Å². The summed E-state index contributed by atoms with van der Waals surface area (Å²) in [4.78, 5) is 14.7. The number of nitrogens with one attached hydrogen (secondary N) is 1. The standard InChI is InChI=1S/C29H38N2O2/c1-21(18-22-8-6-5-7-9-22)26-19-27(26)30-25-14-16-31(17-15-25)20-23-10-12-24(13-11-23)28(32)33-29(2,3)4/h5-13,18,25-27,30H,14-17,19-20H2,1-4H3/b21-18+/t26-,27+/m0/s1. The lowest BCUT2D eigenvalue weighted by Crippen LogP contribution is -2.43. The van der Waals surface area contributed by atoms with Crippen molar-refractivity contribution in [3.05, 3.63) is 76.9 Å². The number of hydrogen-bond acceptors (Lipinski definition) is 4. The molecule has 0 bridgehead atoms. The molecule has 2 aliphatic rings. The van der Waals surface area contributed by atoms with Crippen LogP contribution >= 0.6 is 0 Å². The van der Waals surface area contributed by atoms with Crippen molar-refractivity contribution in [1.29, 1.82) is 0 Å². The smallest absolute Gasteiger partial charge is 0.338 e. The van der Waals surface area contributed by atoms with Crippen LogP contribution in [0.4, 0.5) is 0 Å². The van der Waals surface area contributed by atoms with Gasteiger partial charge in [-0.05, 0) is 89.2 Å². The second-order valence-corrected chi connectivity index (χ2v) is 10.7. The minimum absolute atomic E-state index is 0.256. The highest BCUT2D eigenvalue weighted by molar-refractivity contribution is 5.89. The van der Waals surface area contributed by atoms with Gasteiger partial charge in [0.2, 0.25) is 0 Å². The monoisotopic (exact) mass is 446 g/mol. The molecule has 1 N–H and O–H groups in total. The number of likely N-dealkylation sites (tertiary alicyclic amines) is 1. The molecule has 4 rings (SSSR count). The van der Waals surface area contributed by atoms with E-state index in [1.807, 2.05) is 32.9 Å². The molecule has 0 radical (unpaired) electrons. The van der Waals surface area contributed by atoms with Crippen LogP contribution in [-0.4, -0.2) is 41.6 Å². The summed E-state index contributed by atoms with van der Waals surface area (Å²) in [6.45, 7) is 11.1. The summed E-state index contributed by atoms with van der Waals surface area (Å²) in [6, 6.07) is 19.8. The molecule has 1 heterocycles. The van der Waals surface area contributed by atoms with E-state index >= 15 is 0 Å². The summed E-state index contributed by atoms with van der Waals surface area (Å²) in [5.74, 6) is 0.430. The third kappa shape index (κ3) is 7.02. The van der Waals surface area contributed by atoms with E-state index in [-0.39, 0.29) is 5.97 Å². The predicted molar refractivity (Wildman–Crippen MR) is 135 cm³/mol. The van der Waals surface area contributed by atoms with E-state index < -0.39 is 5.60 Å². The highest BCUT2D eigenvalue weighted by Gasteiger charge is 2.39. The Morgan fingerprint density at radius 2 is 1.73 bits per heavy atom. The van der Waals surface area contributed by atoms with E-state index in [4.69, 9.17) is 4.74 Å². The molecule has 2 aromatic carbocycles. The van der Waals surface area contributed by atoms with Gasteiger partial charge >= 0.3 is 5.97 Å². The van der Waals surface area contributed by atoms with Crippen molar-refractivity contribution in [1.82, 2.24) is 10.2 Å². The summed E-state index contributed by atoms with van der Waals surface area (Å²) in [5, 5.41) is 3.91. The fourth-order valence-corrected chi connectivity index (χ4v) is 4.70. The fraction of sp³-hybridized carbons (Fsp3) is 0.483. The SMILES string of the molecule is C/C(=C\c1ccccc1)[C@@H]1C[C@H]1NC1CCN(Cc2ccc(C(=O)OC(C)(C)C)cc2)CC1. The van der Waals surface area contributed by atoms with Crippen molar-refractivity contribution in [2.24, 2.45) is 5.92 Å². The molecule has 1 aliphatic carbocycles. The molecule has 1 saturated heterocycles. The Morgan fingerprint density at radius 3 is 2.36 bits per heavy atom. The molecule has 33 heavy (non-hydrogen) atoms. The summed E-state index contributed by atoms with van der Waals surface area (Å²) in [7, 11) is 0. The first-order valence-corrected chi connectivity index (χ1v) is 12.3. The first-order chi connectivity index (χ1) is 15.8. The van der Waals surface area contributed by atoms with E-state index in [9.17, 15) is 4.79 Å². The van der Waals surface area contributed by atoms with Gasteiger partial charge in [-0.1, -0.05) is 54.1 Å². The second-order valence-electron chi connectivity index (χ2n) is 10.7. The normalized spacial score (nSPS) is 22.2. The Labute approximate surface area is 199 Å². The zero-order valence-electron chi connectivity index (χ0n) is 20.5. The van der Waals surface area contributed by atoms with Gasteiger partial charge in [-0.25, -0.2) is 4.79 Å². The average Bonchev–Trinajstić information content (AvgIpc) is 3.54. The molecule has 1 saturated carbocycles. The van der Waals surface area contributed by atoms with Gasteiger partial charge in [-0.3, -0.25) is 4.90 Å². The van der Waals surface area contributed by atoms with Crippen LogP contribution in [0.15, 0.2) is 60.2 Å². The molecule has 4 heteroatoms. The van der Waals surface area contributed by atoms with Crippen molar-refractivity contribution in [3.63, 3.8) is 0 Å². The molecule has 2 fully saturated rings. The fourth-order valence-electron chi connectivity index (χ4n) is 4.70. The van der Waals surface area contributed by atoms with Crippen molar-refractivity contribution < 1.29 is 9.53 Å². The number of rotatable bonds is 7. The maximum atomic E-state index is 12.2. The first-order valence-electron chi connectivity index (χ1n) is 12.3. The quantitative estimate of drug-likeness (QED) is 0.555. The Kier molecular flexibility index (Phi) is 7.35. The molecule has 2 aromatic rings. The van der Waals surface area contributed by atoms with Gasteiger partial charge in [0.25, 0.3) is 0 Å². The number of carbonyl (C=O) groups excluding carboxylic acids is 1. The Bertz CT molecular complexity index is 951. The summed E-state index contributed by atoms with van der Waals surface area (Å²) in [6.07, 6.45) is 5.99. The second kappa shape index (κ2) is 10.2. The molecular formula is C29H38N2O2. The van der Waals surface area contributed by atoms with Gasteiger partial charge in [-0.2, -0.15) is 0 Å². The summed E-state index contributed by atoms with van der Waals surface area (Å²) < 4.78 is 5.45. The van der Waals surface area contributed by atoms with Crippen LogP contribution in [0.1, 0.15) is 68.4 Å². The van der Waals surface area contributed by atoms with Crippen molar-refractivity contribution in [2.75, 3.05) is 13.1 Å². The van der Waals surface area contributed by atoms with Crippen LogP contribution in [0.2, 0.25) is 0 Å². The Morgan fingerprint density at radius 1 is 1.06 bits per heavy atom. The highest BCUT2D eigenvalue weighted by atomic mass is 16.6. The van der Waals surface area contributed by atoms with Crippen LogP contribution in [-0.2, 0) is 11.3 Å². The molecule has 1 aliphatic heterocycles. The van der Waals surface area contributed by atoms with Gasteiger partial charge in [0.15, 0.2) is 0 Å². The zero-order chi connectivity index (χ0) is 23.4. The number of ether oxygens (including phenoxy) is 1. The topological polar surface area (TPSA) is 41.6 Å². The number of carbonyl (C=O) groups is 1. The number of nitrogens with zero attached hydrogens (tertiary/aromatic N) is 1. The molecule has 0 spiro atoms. The van der Waals surface area contributed by atoms with Crippen molar-refractivity contribution in [3.8, 4) is 0 Å². The van der Waals surface area contributed by atoms with E-state index in [0.29, 0.717) is 23.6 Å². The predicted octanol–water partition coefficient (Wildman–Crippen LogP) is 5.69. The number of benzene rings is 2. The number of piperidine rings is 1. The molecule has 2 atom stereocenters. The van der Waals surface area contributed by atoms with E-state index in [2.05, 4.69) is 65.7 Å². The number of esters is 1. The van der Waals surface area contributed by atoms with Crippen LogP contribution in [0.25, 0.3) is 6.08 Å². The van der Waals surface area contributed by atoms with Gasteiger partial charge in [-0.15, -0.1) is 0 Å². The lowest BCUT2D eigenvalue weighted by atomic mass is 10.0. The average molecular weight is 447 g/mol. The zero-order valence-corrected chi connectivity index (χ0v) is 20.5.